The highest BCUT2D eigenvalue weighted by atomic mass is 16.3. The van der Waals surface area contributed by atoms with Crippen molar-refractivity contribution in [2.45, 2.75) is 31.6 Å². The normalized spacial score (nSPS) is 16.3. The minimum absolute atomic E-state index is 0.133. The second-order valence-corrected chi connectivity index (χ2v) is 15.5. The first-order valence-electron chi connectivity index (χ1n) is 18.7. The summed E-state index contributed by atoms with van der Waals surface area (Å²) in [5, 5.41) is 2.22. The number of furan rings is 1. The van der Waals surface area contributed by atoms with Crippen LogP contribution in [0.1, 0.15) is 48.6 Å². The van der Waals surface area contributed by atoms with Crippen molar-refractivity contribution in [1.29, 1.82) is 0 Å². The average Bonchev–Trinajstić information content (AvgIpc) is 3.81. The lowest BCUT2D eigenvalue weighted by Crippen LogP contribution is -2.22. The van der Waals surface area contributed by atoms with Gasteiger partial charge in [0.2, 0.25) is 0 Å². The molecule has 1 atom stereocenters. The summed E-state index contributed by atoms with van der Waals surface area (Å²) in [5.41, 5.74) is 17.8. The van der Waals surface area contributed by atoms with Gasteiger partial charge in [0.1, 0.15) is 11.2 Å². The van der Waals surface area contributed by atoms with Gasteiger partial charge in [-0.05, 0) is 93.4 Å². The Morgan fingerprint density at radius 3 is 1.76 bits per heavy atom. The van der Waals surface area contributed by atoms with Gasteiger partial charge in [0.15, 0.2) is 5.82 Å². The van der Waals surface area contributed by atoms with E-state index in [4.69, 9.17) is 14.4 Å². The van der Waals surface area contributed by atoms with Gasteiger partial charge in [-0.3, -0.25) is 0 Å². The molecule has 3 nitrogen and oxygen atoms in total. The summed E-state index contributed by atoms with van der Waals surface area (Å²) in [6.07, 6.45) is 0. The summed E-state index contributed by atoms with van der Waals surface area (Å²) in [5.74, 6) is 0.705. The summed E-state index contributed by atoms with van der Waals surface area (Å²) < 4.78 is 6.35. The van der Waals surface area contributed by atoms with Crippen molar-refractivity contribution < 1.29 is 4.42 Å². The second kappa shape index (κ2) is 11.2. The fraction of sp³-hybridized carbons (Fsp3) is 0.0980. The van der Waals surface area contributed by atoms with Crippen LogP contribution < -0.4 is 0 Å². The Morgan fingerprint density at radius 1 is 0.407 bits per heavy atom. The molecule has 2 aliphatic carbocycles. The molecular formula is C51H36N2O. The smallest absolute Gasteiger partial charge is 0.160 e. The molecule has 1 unspecified atom stereocenters. The number of aromatic nitrogens is 2. The Balaban J connectivity index is 1.12. The van der Waals surface area contributed by atoms with E-state index in [2.05, 4.69) is 172 Å². The van der Waals surface area contributed by atoms with Crippen LogP contribution in [0.3, 0.4) is 0 Å². The van der Waals surface area contributed by atoms with Crippen molar-refractivity contribution in [2.75, 3.05) is 0 Å². The molecule has 2 aliphatic rings. The summed E-state index contributed by atoms with van der Waals surface area (Å²) in [6.45, 7) is 7.00. The van der Waals surface area contributed by atoms with Crippen molar-refractivity contribution in [3.05, 3.63) is 192 Å². The Kier molecular flexibility index (Phi) is 6.43. The van der Waals surface area contributed by atoms with Crippen molar-refractivity contribution in [3.8, 4) is 56.2 Å². The summed E-state index contributed by atoms with van der Waals surface area (Å²) in [7, 11) is 0. The standard InChI is InChI=1S/C51H36N2O/c1-50(2)41-18-10-7-15-35(41)37-25-23-33(28-43(37)50)49-52-45(30-46(53-49)32-22-26-40-39-17-9-12-20-47(39)54-48(40)29-32)31-21-24-38-36-16-8-11-19-42(36)51(3,44(38)27-31)34-13-5-4-6-14-34/h4-30H,1-3H3. The molecule has 0 saturated heterocycles. The SMILES string of the molecule is CC1(C)c2ccccc2-c2ccc(-c3nc(-c4ccc5c(c4)C(C)(c4ccccc4)c4ccccc4-5)cc(-c4ccc5c(c4)oc4ccccc45)n3)cc21. The van der Waals surface area contributed by atoms with Crippen LogP contribution in [0.25, 0.3) is 78.1 Å². The lowest BCUT2D eigenvalue weighted by atomic mass is 9.74. The molecule has 9 aromatic rings. The summed E-state index contributed by atoms with van der Waals surface area (Å²) in [4.78, 5) is 10.7. The molecule has 0 radical (unpaired) electrons. The number of nitrogens with zero attached hydrogens (tertiary/aromatic N) is 2. The van der Waals surface area contributed by atoms with Crippen LogP contribution in [0.2, 0.25) is 0 Å². The van der Waals surface area contributed by atoms with Crippen LogP contribution in [-0.4, -0.2) is 9.97 Å². The maximum atomic E-state index is 6.35. The number of rotatable bonds is 4. The lowest BCUT2D eigenvalue weighted by molar-refractivity contribution is 0.660. The predicted molar refractivity (Wildman–Crippen MR) is 221 cm³/mol. The van der Waals surface area contributed by atoms with E-state index in [0.29, 0.717) is 5.82 Å². The first-order chi connectivity index (χ1) is 26.4. The molecule has 0 spiro atoms. The first kappa shape index (κ1) is 31.0. The third-order valence-electron chi connectivity index (χ3n) is 12.2. The van der Waals surface area contributed by atoms with E-state index >= 15 is 0 Å². The van der Waals surface area contributed by atoms with E-state index in [0.717, 1.165) is 50.0 Å². The fourth-order valence-corrected chi connectivity index (χ4v) is 9.33. The van der Waals surface area contributed by atoms with Gasteiger partial charge in [-0.25, -0.2) is 9.97 Å². The van der Waals surface area contributed by atoms with Gasteiger partial charge in [0.25, 0.3) is 0 Å². The van der Waals surface area contributed by atoms with Crippen LogP contribution in [0.15, 0.2) is 168 Å². The van der Waals surface area contributed by atoms with Crippen molar-refractivity contribution in [2.24, 2.45) is 0 Å². The monoisotopic (exact) mass is 692 g/mol. The topological polar surface area (TPSA) is 38.9 Å². The Bertz CT molecular complexity index is 2990. The molecule has 2 aromatic heterocycles. The molecule has 3 heteroatoms. The highest BCUT2D eigenvalue weighted by Gasteiger charge is 2.41. The Morgan fingerprint density at radius 2 is 0.963 bits per heavy atom. The maximum absolute atomic E-state index is 6.35. The van der Waals surface area contributed by atoms with Gasteiger partial charge in [-0.1, -0.05) is 141 Å². The molecule has 54 heavy (non-hydrogen) atoms. The zero-order chi connectivity index (χ0) is 36.2. The third kappa shape index (κ3) is 4.36. The number of benzene rings is 7. The zero-order valence-electron chi connectivity index (χ0n) is 30.4. The van der Waals surface area contributed by atoms with Crippen LogP contribution in [0.4, 0.5) is 0 Å². The number of fused-ring (bicyclic) bond motifs is 9. The number of para-hydroxylation sites is 1. The average molecular weight is 693 g/mol. The molecule has 0 aliphatic heterocycles. The highest BCUT2D eigenvalue weighted by Crippen LogP contribution is 2.53. The highest BCUT2D eigenvalue weighted by molar-refractivity contribution is 6.05. The van der Waals surface area contributed by atoms with Gasteiger partial charge >= 0.3 is 0 Å². The van der Waals surface area contributed by atoms with Crippen molar-refractivity contribution >= 4 is 21.9 Å². The van der Waals surface area contributed by atoms with Crippen LogP contribution >= 0.6 is 0 Å². The van der Waals surface area contributed by atoms with Gasteiger partial charge in [0.05, 0.1) is 11.4 Å². The lowest BCUT2D eigenvalue weighted by Gasteiger charge is -2.28. The first-order valence-corrected chi connectivity index (χ1v) is 18.7. The summed E-state index contributed by atoms with van der Waals surface area (Å²) in [6, 6.07) is 58.9. The molecular weight excluding hydrogens is 657 g/mol. The largest absolute Gasteiger partial charge is 0.456 e. The molecule has 0 bridgehead atoms. The van der Waals surface area contributed by atoms with Gasteiger partial charge in [-0.2, -0.15) is 0 Å². The van der Waals surface area contributed by atoms with Crippen LogP contribution in [0, 0.1) is 0 Å². The third-order valence-corrected chi connectivity index (χ3v) is 12.2. The minimum atomic E-state index is -0.311. The quantitative estimate of drug-likeness (QED) is 0.184. The number of hydrogen-bond donors (Lipinski definition) is 0. The van der Waals surface area contributed by atoms with E-state index in [1.54, 1.807) is 0 Å². The Labute approximate surface area is 314 Å². The van der Waals surface area contributed by atoms with E-state index in [9.17, 15) is 0 Å². The summed E-state index contributed by atoms with van der Waals surface area (Å²) >= 11 is 0. The fourth-order valence-electron chi connectivity index (χ4n) is 9.33. The second-order valence-electron chi connectivity index (χ2n) is 15.5. The molecule has 0 N–H and O–H groups in total. The molecule has 2 heterocycles. The van der Waals surface area contributed by atoms with E-state index < -0.39 is 0 Å². The zero-order valence-corrected chi connectivity index (χ0v) is 30.4. The molecule has 0 amide bonds. The molecule has 256 valence electrons. The molecule has 7 aromatic carbocycles. The molecule has 0 fully saturated rings. The van der Waals surface area contributed by atoms with Crippen molar-refractivity contribution in [1.82, 2.24) is 9.97 Å². The van der Waals surface area contributed by atoms with Gasteiger partial charge in [0, 0.05) is 38.3 Å². The molecule has 0 saturated carbocycles. The van der Waals surface area contributed by atoms with Gasteiger partial charge < -0.3 is 4.42 Å². The minimum Gasteiger partial charge on any atom is -0.456 e. The van der Waals surface area contributed by atoms with Gasteiger partial charge in [-0.15, -0.1) is 0 Å². The number of hydrogen-bond acceptors (Lipinski definition) is 3. The van der Waals surface area contributed by atoms with E-state index in [1.165, 1.54) is 50.1 Å². The predicted octanol–water partition coefficient (Wildman–Crippen LogP) is 13.0. The Hall–Kier alpha value is -6.58. The van der Waals surface area contributed by atoms with E-state index in [1.807, 2.05) is 12.1 Å². The van der Waals surface area contributed by atoms with Crippen LogP contribution in [0.5, 0.6) is 0 Å². The maximum Gasteiger partial charge on any atom is 0.160 e. The molecule has 11 rings (SSSR count). The van der Waals surface area contributed by atoms with Crippen LogP contribution in [-0.2, 0) is 10.8 Å². The van der Waals surface area contributed by atoms with E-state index in [-0.39, 0.29) is 10.8 Å². The van der Waals surface area contributed by atoms with Crippen molar-refractivity contribution in [3.63, 3.8) is 0 Å².